The van der Waals surface area contributed by atoms with Crippen molar-refractivity contribution < 1.29 is 28.6 Å². The van der Waals surface area contributed by atoms with Crippen LogP contribution in [0.25, 0.3) is 0 Å². The van der Waals surface area contributed by atoms with Crippen molar-refractivity contribution in [3.05, 3.63) is 35.0 Å². The van der Waals surface area contributed by atoms with Gasteiger partial charge >= 0.3 is 18.0 Å². The Labute approximate surface area is 156 Å². The Balaban J connectivity index is 2.11. The topological polar surface area (TPSA) is 106 Å². The lowest BCUT2D eigenvalue weighted by molar-refractivity contribution is -0.140. The fourth-order valence-corrected chi connectivity index (χ4v) is 3.18. The van der Waals surface area contributed by atoms with E-state index in [0.717, 1.165) is 5.56 Å². The quantitative estimate of drug-likeness (QED) is 0.770. The molecule has 0 bridgehead atoms. The maximum Gasteiger partial charge on any atom is 0.355 e. The minimum absolute atomic E-state index is 0.0539. The fraction of sp³-hybridized carbons (Fsp3) is 0.389. The standard InChI is InChI=1S/C18H21N3O6/c1-18(2)12-7-10(5-6-13(12)19-17(24)20-18)21-9-27-8-11(15(22)25-3)14(21)16(23)26-4/h5-7H,8-9H2,1-4H3,(H2,19,20,24). The van der Waals surface area contributed by atoms with Crippen LogP contribution < -0.4 is 15.5 Å². The van der Waals surface area contributed by atoms with Gasteiger partial charge < -0.3 is 29.7 Å². The Morgan fingerprint density at radius 3 is 2.56 bits per heavy atom. The van der Waals surface area contributed by atoms with E-state index in [1.54, 1.807) is 17.0 Å². The zero-order chi connectivity index (χ0) is 19.8. The number of nitrogens with zero attached hydrogens (tertiary/aromatic N) is 1. The fourth-order valence-electron chi connectivity index (χ4n) is 3.18. The second-order valence-corrected chi connectivity index (χ2v) is 6.65. The zero-order valence-corrected chi connectivity index (χ0v) is 15.5. The van der Waals surface area contributed by atoms with Crippen molar-refractivity contribution in [1.29, 1.82) is 0 Å². The number of carbonyl (C=O) groups is 3. The summed E-state index contributed by atoms with van der Waals surface area (Å²) < 4.78 is 15.1. The third kappa shape index (κ3) is 3.33. The first kappa shape index (κ1) is 18.7. The molecule has 0 spiro atoms. The summed E-state index contributed by atoms with van der Waals surface area (Å²) in [5.74, 6) is -1.32. The van der Waals surface area contributed by atoms with E-state index < -0.39 is 17.5 Å². The summed E-state index contributed by atoms with van der Waals surface area (Å²) in [6.45, 7) is 3.75. The number of esters is 2. The van der Waals surface area contributed by atoms with Gasteiger partial charge in [0.05, 0.1) is 31.9 Å². The lowest BCUT2D eigenvalue weighted by atomic mass is 9.90. The van der Waals surface area contributed by atoms with Crippen molar-refractivity contribution in [3.63, 3.8) is 0 Å². The van der Waals surface area contributed by atoms with Crippen LogP contribution in [0.4, 0.5) is 16.2 Å². The van der Waals surface area contributed by atoms with Gasteiger partial charge in [0.2, 0.25) is 0 Å². The molecule has 2 heterocycles. The van der Waals surface area contributed by atoms with Crippen LogP contribution in [0, 0.1) is 0 Å². The zero-order valence-electron chi connectivity index (χ0n) is 15.5. The van der Waals surface area contributed by atoms with Crippen LogP contribution in [0.15, 0.2) is 29.5 Å². The maximum absolute atomic E-state index is 12.4. The molecule has 2 N–H and O–H groups in total. The molecule has 1 aromatic carbocycles. The highest BCUT2D eigenvalue weighted by atomic mass is 16.5. The Morgan fingerprint density at radius 2 is 1.89 bits per heavy atom. The molecule has 0 saturated carbocycles. The number of hydrogen-bond acceptors (Lipinski definition) is 7. The Morgan fingerprint density at radius 1 is 1.19 bits per heavy atom. The molecule has 3 rings (SSSR count). The average molecular weight is 375 g/mol. The highest BCUT2D eigenvalue weighted by Gasteiger charge is 2.35. The monoisotopic (exact) mass is 375 g/mol. The van der Waals surface area contributed by atoms with Crippen LogP contribution in [0.3, 0.4) is 0 Å². The number of fused-ring (bicyclic) bond motifs is 1. The first-order valence-electron chi connectivity index (χ1n) is 8.27. The van der Waals surface area contributed by atoms with Crippen molar-refractivity contribution in [1.82, 2.24) is 5.32 Å². The van der Waals surface area contributed by atoms with Crippen LogP contribution in [-0.4, -0.2) is 45.5 Å². The molecule has 0 atom stereocenters. The summed E-state index contributed by atoms with van der Waals surface area (Å²) in [7, 11) is 2.48. The molecule has 0 fully saturated rings. The number of hydrogen-bond donors (Lipinski definition) is 2. The molecule has 0 radical (unpaired) electrons. The number of nitrogens with one attached hydrogen (secondary N) is 2. The number of urea groups is 1. The predicted octanol–water partition coefficient (Wildman–Crippen LogP) is 1.45. The van der Waals surface area contributed by atoms with Crippen LogP contribution in [0.1, 0.15) is 19.4 Å². The number of rotatable bonds is 3. The highest BCUT2D eigenvalue weighted by molar-refractivity contribution is 6.03. The summed E-state index contributed by atoms with van der Waals surface area (Å²) in [6, 6.07) is 5.01. The van der Waals surface area contributed by atoms with Crippen LogP contribution >= 0.6 is 0 Å². The molecular weight excluding hydrogens is 354 g/mol. The molecule has 0 unspecified atom stereocenters. The minimum atomic E-state index is -0.665. The number of benzene rings is 1. The van der Waals surface area contributed by atoms with E-state index in [0.29, 0.717) is 11.4 Å². The number of carbonyl (C=O) groups excluding carboxylic acids is 3. The van der Waals surface area contributed by atoms with Crippen LogP contribution in [0.5, 0.6) is 0 Å². The van der Waals surface area contributed by atoms with Crippen molar-refractivity contribution in [2.75, 3.05) is 37.8 Å². The Hall–Kier alpha value is -3.07. The van der Waals surface area contributed by atoms with Crippen molar-refractivity contribution in [2.45, 2.75) is 19.4 Å². The number of ether oxygens (including phenoxy) is 3. The van der Waals surface area contributed by atoms with E-state index in [4.69, 9.17) is 14.2 Å². The second-order valence-electron chi connectivity index (χ2n) is 6.65. The average Bonchev–Trinajstić information content (AvgIpc) is 2.65. The molecule has 27 heavy (non-hydrogen) atoms. The molecule has 144 valence electrons. The van der Waals surface area contributed by atoms with E-state index in [2.05, 4.69) is 10.6 Å². The Kier molecular flexibility index (Phi) is 4.79. The normalized spacial score (nSPS) is 18.2. The van der Waals surface area contributed by atoms with E-state index >= 15 is 0 Å². The molecule has 9 nitrogen and oxygen atoms in total. The molecule has 9 heteroatoms. The Bertz CT molecular complexity index is 845. The minimum Gasteiger partial charge on any atom is -0.466 e. The summed E-state index contributed by atoms with van der Waals surface area (Å²) in [5.41, 5.74) is 1.64. The van der Waals surface area contributed by atoms with Crippen LogP contribution in [0.2, 0.25) is 0 Å². The van der Waals surface area contributed by atoms with Gasteiger partial charge in [-0.1, -0.05) is 0 Å². The van der Waals surface area contributed by atoms with Crippen molar-refractivity contribution in [2.24, 2.45) is 0 Å². The van der Waals surface area contributed by atoms with E-state index in [1.807, 2.05) is 19.9 Å². The molecule has 2 aliphatic heterocycles. The highest BCUT2D eigenvalue weighted by Crippen LogP contribution is 2.36. The van der Waals surface area contributed by atoms with Gasteiger partial charge in [-0.15, -0.1) is 0 Å². The van der Waals surface area contributed by atoms with Crippen LogP contribution in [-0.2, 0) is 29.3 Å². The smallest absolute Gasteiger partial charge is 0.355 e. The molecule has 0 aromatic heterocycles. The molecule has 0 aliphatic carbocycles. The van der Waals surface area contributed by atoms with Gasteiger partial charge in [0.25, 0.3) is 0 Å². The van der Waals surface area contributed by atoms with E-state index in [9.17, 15) is 14.4 Å². The first-order chi connectivity index (χ1) is 12.8. The lowest BCUT2D eigenvalue weighted by Gasteiger charge is -2.36. The molecule has 2 amide bonds. The van der Waals surface area contributed by atoms with E-state index in [-0.39, 0.29) is 30.6 Å². The number of anilines is 2. The summed E-state index contributed by atoms with van der Waals surface area (Å²) in [4.78, 5) is 37.8. The lowest BCUT2D eigenvalue weighted by Crippen LogP contribution is -2.48. The predicted molar refractivity (Wildman–Crippen MR) is 96.0 cm³/mol. The maximum atomic E-state index is 12.4. The van der Waals surface area contributed by atoms with Crippen molar-refractivity contribution in [3.8, 4) is 0 Å². The van der Waals surface area contributed by atoms with Gasteiger partial charge in [0.1, 0.15) is 12.4 Å². The first-order valence-corrected chi connectivity index (χ1v) is 8.27. The number of methoxy groups -OCH3 is 2. The summed E-state index contributed by atoms with van der Waals surface area (Å²) >= 11 is 0. The molecule has 2 aliphatic rings. The summed E-state index contributed by atoms with van der Waals surface area (Å²) in [6.07, 6.45) is 0. The number of amides is 2. The third-order valence-corrected chi connectivity index (χ3v) is 4.50. The third-order valence-electron chi connectivity index (χ3n) is 4.50. The SMILES string of the molecule is COC(=O)C1=C(C(=O)OC)N(c2ccc3c(c2)C(C)(C)NC(=O)N3)COC1. The van der Waals surface area contributed by atoms with E-state index in [1.165, 1.54) is 14.2 Å². The van der Waals surface area contributed by atoms with Gasteiger partial charge in [-0.25, -0.2) is 14.4 Å². The van der Waals surface area contributed by atoms with Gasteiger partial charge in [-0.2, -0.15) is 0 Å². The second kappa shape index (κ2) is 6.92. The molecular formula is C18H21N3O6. The largest absolute Gasteiger partial charge is 0.466 e. The molecule has 1 aromatic rings. The van der Waals surface area contributed by atoms with Gasteiger partial charge in [0, 0.05) is 16.9 Å². The van der Waals surface area contributed by atoms with Gasteiger partial charge in [-0.3, -0.25) is 0 Å². The van der Waals surface area contributed by atoms with Gasteiger partial charge in [-0.05, 0) is 32.0 Å². The van der Waals surface area contributed by atoms with Crippen molar-refractivity contribution >= 4 is 29.3 Å². The van der Waals surface area contributed by atoms with Gasteiger partial charge in [0.15, 0.2) is 0 Å². The summed E-state index contributed by atoms with van der Waals surface area (Å²) in [5, 5.41) is 5.60. The molecule has 0 saturated heterocycles.